The molecule has 0 fully saturated rings. The molecule has 0 aliphatic heterocycles. The van der Waals surface area contributed by atoms with Crippen molar-refractivity contribution in [2.45, 2.75) is 12.8 Å². The highest BCUT2D eigenvalue weighted by Gasteiger charge is 2.20. The van der Waals surface area contributed by atoms with Gasteiger partial charge in [0.05, 0.1) is 11.4 Å². The van der Waals surface area contributed by atoms with Crippen LogP contribution in [0.2, 0.25) is 0 Å². The summed E-state index contributed by atoms with van der Waals surface area (Å²) in [6, 6.07) is 26.6. The maximum absolute atomic E-state index is 2.38. The molecule has 0 N–H and O–H groups in total. The number of para-hydroxylation sites is 2. The summed E-state index contributed by atoms with van der Waals surface area (Å²) in [6.45, 7) is 0. The van der Waals surface area contributed by atoms with E-state index in [0.717, 1.165) is 12.8 Å². The lowest BCUT2D eigenvalue weighted by atomic mass is 9.99. The summed E-state index contributed by atoms with van der Waals surface area (Å²) in [7, 11) is 4.39. The Morgan fingerprint density at radius 2 is 1.03 bits per heavy atom. The van der Waals surface area contributed by atoms with Crippen LogP contribution < -0.4 is 0 Å². The van der Waals surface area contributed by atoms with Crippen LogP contribution in [0.5, 0.6) is 0 Å². The van der Waals surface area contributed by atoms with E-state index in [9.17, 15) is 0 Å². The Bertz CT molecular complexity index is 1350. The van der Waals surface area contributed by atoms with Crippen molar-refractivity contribution in [2.75, 3.05) is 0 Å². The van der Waals surface area contributed by atoms with Crippen LogP contribution in [0.25, 0.3) is 44.3 Å². The summed E-state index contributed by atoms with van der Waals surface area (Å²) in [5, 5.41) is 2.71. The predicted octanol–water partition coefficient (Wildman–Crippen LogP) is 6.66. The molecule has 2 bridgehead atoms. The number of aromatic nitrogens is 2. The Morgan fingerprint density at radius 3 is 1.53 bits per heavy atom. The Hall–Kier alpha value is -3.52. The van der Waals surface area contributed by atoms with E-state index in [-0.39, 0.29) is 0 Å². The highest BCUT2D eigenvalue weighted by atomic mass is 15.0. The molecule has 1 aliphatic carbocycles. The van der Waals surface area contributed by atoms with Gasteiger partial charge in [-0.3, -0.25) is 0 Å². The molecule has 2 aromatic heterocycles. The number of rotatable bonds is 0. The van der Waals surface area contributed by atoms with Crippen molar-refractivity contribution in [3.63, 3.8) is 0 Å². The molecule has 0 spiro atoms. The summed E-state index contributed by atoms with van der Waals surface area (Å²) in [5.41, 5.74) is 10.6. The molecule has 6 rings (SSSR count). The van der Waals surface area contributed by atoms with Crippen molar-refractivity contribution < 1.29 is 0 Å². The first-order valence-corrected chi connectivity index (χ1v) is 10.6. The fraction of sp³-hybridized carbons (Fsp3) is 0.143. The number of nitrogens with zero attached hydrogens (tertiary/aromatic N) is 2. The summed E-state index contributed by atoms with van der Waals surface area (Å²) in [6.07, 6.45) is 6.59. The molecule has 3 aromatic carbocycles. The lowest BCUT2D eigenvalue weighted by Gasteiger charge is -2.11. The molecule has 1 aliphatic rings. The summed E-state index contributed by atoms with van der Waals surface area (Å²) in [5.74, 6) is 0. The minimum atomic E-state index is 0.945. The van der Waals surface area contributed by atoms with Gasteiger partial charge < -0.3 is 9.13 Å². The first-order valence-electron chi connectivity index (χ1n) is 10.6. The summed E-state index contributed by atoms with van der Waals surface area (Å²) < 4.78 is 4.72. The van der Waals surface area contributed by atoms with Crippen molar-refractivity contribution >= 4 is 21.8 Å². The van der Waals surface area contributed by atoms with Gasteiger partial charge in [-0.1, -0.05) is 66.7 Å². The summed E-state index contributed by atoms with van der Waals surface area (Å²) >= 11 is 0. The van der Waals surface area contributed by atoms with E-state index in [1.807, 2.05) is 0 Å². The lowest BCUT2D eigenvalue weighted by Crippen LogP contribution is -1.96. The number of fused-ring (bicyclic) bond motifs is 10. The highest BCUT2D eigenvalue weighted by molar-refractivity contribution is 5.95. The minimum Gasteiger partial charge on any atom is -0.343 e. The number of hydrogen-bond donors (Lipinski definition) is 0. The Morgan fingerprint density at radius 1 is 0.567 bits per heavy atom. The van der Waals surface area contributed by atoms with E-state index in [4.69, 9.17) is 0 Å². The number of hydrogen-bond acceptors (Lipinski definition) is 0. The van der Waals surface area contributed by atoms with E-state index < -0.39 is 0 Å². The Balaban J connectivity index is 1.70. The van der Waals surface area contributed by atoms with Gasteiger partial charge in [-0.05, 0) is 53.3 Å². The molecular weight excluding hydrogens is 364 g/mol. The quantitative estimate of drug-likeness (QED) is 0.263. The van der Waals surface area contributed by atoms with Crippen molar-refractivity contribution in [1.29, 1.82) is 0 Å². The number of benzene rings is 3. The fourth-order valence-corrected chi connectivity index (χ4v) is 5.31. The van der Waals surface area contributed by atoms with E-state index in [1.165, 1.54) is 55.4 Å². The van der Waals surface area contributed by atoms with Crippen LogP contribution in [0.3, 0.4) is 0 Å². The third kappa shape index (κ3) is 2.37. The third-order valence-corrected chi connectivity index (χ3v) is 6.64. The fourth-order valence-electron chi connectivity index (χ4n) is 5.31. The van der Waals surface area contributed by atoms with Crippen LogP contribution in [0, 0.1) is 0 Å². The molecular formula is C28H24N2. The first kappa shape index (κ1) is 17.3. The maximum atomic E-state index is 2.38. The van der Waals surface area contributed by atoms with Crippen LogP contribution >= 0.6 is 0 Å². The second-order valence-electron chi connectivity index (χ2n) is 8.27. The van der Waals surface area contributed by atoms with Crippen LogP contribution in [-0.4, -0.2) is 9.13 Å². The summed E-state index contributed by atoms with van der Waals surface area (Å²) in [4.78, 5) is 0. The predicted molar refractivity (Wildman–Crippen MR) is 127 cm³/mol. The smallest absolute Gasteiger partial charge is 0.0524 e. The van der Waals surface area contributed by atoms with Crippen molar-refractivity contribution in [1.82, 2.24) is 9.13 Å². The van der Waals surface area contributed by atoms with Crippen LogP contribution in [0.4, 0.5) is 0 Å². The Kier molecular flexibility index (Phi) is 3.76. The van der Waals surface area contributed by atoms with E-state index >= 15 is 0 Å². The normalized spacial score (nSPS) is 14.3. The average molecular weight is 389 g/mol. The van der Waals surface area contributed by atoms with Gasteiger partial charge >= 0.3 is 0 Å². The molecule has 0 saturated carbocycles. The lowest BCUT2D eigenvalue weighted by molar-refractivity contribution is 0.967. The van der Waals surface area contributed by atoms with Crippen molar-refractivity contribution in [2.24, 2.45) is 14.1 Å². The van der Waals surface area contributed by atoms with Crippen molar-refractivity contribution in [3.8, 4) is 22.5 Å². The van der Waals surface area contributed by atoms with E-state index in [0.29, 0.717) is 0 Å². The maximum Gasteiger partial charge on any atom is 0.0524 e. The zero-order valence-electron chi connectivity index (χ0n) is 17.4. The van der Waals surface area contributed by atoms with Crippen LogP contribution in [0.1, 0.15) is 11.1 Å². The highest BCUT2D eigenvalue weighted by Crippen LogP contribution is 2.39. The molecule has 0 amide bonds. The second-order valence-corrected chi connectivity index (χ2v) is 8.27. The molecule has 5 aromatic rings. The van der Waals surface area contributed by atoms with Crippen molar-refractivity contribution in [3.05, 3.63) is 96.1 Å². The molecule has 0 saturated heterocycles. The topological polar surface area (TPSA) is 9.86 Å². The largest absolute Gasteiger partial charge is 0.343 e. The molecule has 2 nitrogen and oxygen atoms in total. The standard InChI is InChI=1S/C28H24N2/c1-29-25-16-7-5-12-21(25)23-14-3-4-15-24-22-13-6-8-17-26(22)30(2)28(24)20-11-9-10-19(18-20)27(23)29/h3-13,16-18H,14-15H2,1-2H3/b4-3-. The van der Waals surface area contributed by atoms with E-state index in [1.54, 1.807) is 0 Å². The molecule has 0 radical (unpaired) electrons. The van der Waals surface area contributed by atoms with Gasteiger partial charge in [-0.2, -0.15) is 0 Å². The van der Waals surface area contributed by atoms with Gasteiger partial charge in [0.1, 0.15) is 0 Å². The van der Waals surface area contributed by atoms with Crippen LogP contribution in [0.15, 0.2) is 84.9 Å². The number of aryl methyl sites for hydroxylation is 2. The molecule has 2 heteroatoms. The van der Waals surface area contributed by atoms with Gasteiger partial charge in [0.25, 0.3) is 0 Å². The molecule has 0 unspecified atom stereocenters. The third-order valence-electron chi connectivity index (χ3n) is 6.64. The van der Waals surface area contributed by atoms with Gasteiger partial charge in [0.2, 0.25) is 0 Å². The van der Waals surface area contributed by atoms with Crippen LogP contribution in [-0.2, 0) is 26.9 Å². The average Bonchev–Trinajstić information content (AvgIpc) is 3.22. The SMILES string of the molecule is Cn1c2c(c3ccccc31)C/C=C\Cc1c(n(C)c3ccccc13)-c1cccc-2c1. The Labute approximate surface area is 176 Å². The van der Waals surface area contributed by atoms with E-state index in [2.05, 4.69) is 108 Å². The van der Waals surface area contributed by atoms with Gasteiger partial charge in [-0.15, -0.1) is 0 Å². The zero-order valence-corrected chi connectivity index (χ0v) is 17.4. The minimum absolute atomic E-state index is 0.945. The second kappa shape index (κ2) is 6.50. The molecule has 0 atom stereocenters. The van der Waals surface area contributed by atoms with Gasteiger partial charge in [0.15, 0.2) is 0 Å². The monoisotopic (exact) mass is 388 g/mol. The zero-order chi connectivity index (χ0) is 20.2. The molecule has 146 valence electrons. The molecule has 30 heavy (non-hydrogen) atoms. The number of allylic oxidation sites excluding steroid dienone is 2. The molecule has 2 heterocycles. The first-order chi connectivity index (χ1) is 14.7. The van der Waals surface area contributed by atoms with Gasteiger partial charge in [-0.25, -0.2) is 0 Å². The van der Waals surface area contributed by atoms with Gasteiger partial charge in [0, 0.05) is 35.9 Å².